The molecule has 0 bridgehead atoms. The number of anilines is 1. The zero-order valence-electron chi connectivity index (χ0n) is 16.8. The smallest absolute Gasteiger partial charge is 0.185 e. The first kappa shape index (κ1) is 22.2. The van der Waals surface area contributed by atoms with Gasteiger partial charge in [-0.3, -0.25) is 0 Å². The number of aryl methyl sites for hydroxylation is 1. The molecule has 0 atom stereocenters. The molecule has 164 valence electrons. The molecular formula is C22H21ClF2N2O2S2. The largest absolute Gasteiger partial charge is 0.348 e. The minimum absolute atomic E-state index is 0.0799. The second-order valence-electron chi connectivity index (χ2n) is 7.72. The van der Waals surface area contributed by atoms with E-state index >= 15 is 0 Å². The van der Waals surface area contributed by atoms with E-state index in [0.717, 1.165) is 22.5 Å². The zero-order valence-corrected chi connectivity index (χ0v) is 19.2. The van der Waals surface area contributed by atoms with Crippen LogP contribution in [0.25, 0.3) is 0 Å². The number of hydrogen-bond acceptors (Lipinski definition) is 5. The van der Waals surface area contributed by atoms with Crippen LogP contribution < -0.4 is 4.90 Å². The van der Waals surface area contributed by atoms with Gasteiger partial charge in [-0.15, -0.1) is 11.3 Å². The molecule has 1 fully saturated rings. The zero-order chi connectivity index (χ0) is 22.2. The molecule has 0 radical (unpaired) electrons. The first-order valence-corrected chi connectivity index (χ1v) is 12.7. The molecule has 4 nitrogen and oxygen atoms in total. The standard InChI is InChI=1S/C22H21ClF2N2O2S2/c1-14-2-3-17(24)12-21(14)31(28,29)20-4-6-27(7-5-20)22-26-19(13-30-22)10-15-8-16(23)11-18(25)9-15/h2-3,8-9,11-13,20H,4-7,10H2,1H3. The van der Waals surface area contributed by atoms with E-state index in [4.69, 9.17) is 11.6 Å². The van der Waals surface area contributed by atoms with Crippen LogP contribution in [0.2, 0.25) is 5.02 Å². The van der Waals surface area contributed by atoms with E-state index in [1.54, 1.807) is 13.0 Å². The molecule has 3 aromatic rings. The number of benzene rings is 2. The number of sulfone groups is 1. The third-order valence-electron chi connectivity index (χ3n) is 5.46. The van der Waals surface area contributed by atoms with Crippen molar-refractivity contribution < 1.29 is 17.2 Å². The van der Waals surface area contributed by atoms with Crippen molar-refractivity contribution in [2.24, 2.45) is 0 Å². The highest BCUT2D eigenvalue weighted by molar-refractivity contribution is 7.92. The van der Waals surface area contributed by atoms with Crippen LogP contribution in [0.1, 0.15) is 29.7 Å². The second-order valence-corrected chi connectivity index (χ2v) is 11.2. The average molecular weight is 483 g/mol. The predicted molar refractivity (Wildman–Crippen MR) is 120 cm³/mol. The van der Waals surface area contributed by atoms with E-state index in [-0.39, 0.29) is 10.7 Å². The first-order valence-electron chi connectivity index (χ1n) is 9.87. The molecule has 0 saturated carbocycles. The van der Waals surface area contributed by atoms with Gasteiger partial charge >= 0.3 is 0 Å². The summed E-state index contributed by atoms with van der Waals surface area (Å²) in [4.78, 5) is 6.79. The lowest BCUT2D eigenvalue weighted by Gasteiger charge is -2.31. The molecule has 0 amide bonds. The number of aromatic nitrogens is 1. The molecule has 9 heteroatoms. The summed E-state index contributed by atoms with van der Waals surface area (Å²) in [6, 6.07) is 8.31. The maximum absolute atomic E-state index is 13.6. The number of rotatable bonds is 5. The number of piperidine rings is 1. The Kier molecular flexibility index (Phi) is 6.32. The maximum Gasteiger partial charge on any atom is 0.185 e. The quantitative estimate of drug-likeness (QED) is 0.487. The summed E-state index contributed by atoms with van der Waals surface area (Å²) in [7, 11) is -3.60. The Morgan fingerprint density at radius 1 is 1.13 bits per heavy atom. The molecule has 0 aliphatic carbocycles. The lowest BCUT2D eigenvalue weighted by molar-refractivity contribution is 0.527. The Morgan fingerprint density at radius 3 is 2.58 bits per heavy atom. The van der Waals surface area contributed by atoms with E-state index < -0.39 is 20.9 Å². The summed E-state index contributed by atoms with van der Waals surface area (Å²) < 4.78 is 53.2. The van der Waals surface area contributed by atoms with Crippen LogP contribution in [-0.4, -0.2) is 31.7 Å². The van der Waals surface area contributed by atoms with Gasteiger partial charge in [0.05, 0.1) is 15.8 Å². The van der Waals surface area contributed by atoms with Gasteiger partial charge in [-0.2, -0.15) is 0 Å². The van der Waals surface area contributed by atoms with Crippen LogP contribution in [0.15, 0.2) is 46.7 Å². The molecule has 0 spiro atoms. The van der Waals surface area contributed by atoms with Crippen molar-refractivity contribution >= 4 is 37.9 Å². The Balaban J connectivity index is 1.43. The first-order chi connectivity index (χ1) is 14.7. The molecule has 2 heterocycles. The van der Waals surface area contributed by atoms with Crippen LogP contribution in [0.3, 0.4) is 0 Å². The fourth-order valence-electron chi connectivity index (χ4n) is 3.86. The van der Waals surface area contributed by atoms with Gasteiger partial charge < -0.3 is 4.90 Å². The van der Waals surface area contributed by atoms with Crippen LogP contribution in [0.4, 0.5) is 13.9 Å². The fourth-order valence-corrected chi connectivity index (χ4v) is 6.97. The van der Waals surface area contributed by atoms with Crippen LogP contribution >= 0.6 is 22.9 Å². The van der Waals surface area contributed by atoms with E-state index in [1.165, 1.54) is 35.6 Å². The third-order valence-corrected chi connectivity index (χ3v) is 9.03. The summed E-state index contributed by atoms with van der Waals surface area (Å²) in [5.74, 6) is -0.925. The van der Waals surface area contributed by atoms with Crippen LogP contribution in [0.5, 0.6) is 0 Å². The van der Waals surface area contributed by atoms with Crippen LogP contribution in [0, 0.1) is 18.6 Å². The summed E-state index contributed by atoms with van der Waals surface area (Å²) >= 11 is 7.40. The van der Waals surface area contributed by atoms with E-state index in [9.17, 15) is 17.2 Å². The molecule has 31 heavy (non-hydrogen) atoms. The Bertz CT molecular complexity index is 1190. The molecule has 0 N–H and O–H groups in total. The van der Waals surface area contributed by atoms with Crippen LogP contribution in [-0.2, 0) is 16.3 Å². The monoisotopic (exact) mass is 482 g/mol. The summed E-state index contributed by atoms with van der Waals surface area (Å²) in [5, 5.41) is 2.54. The predicted octanol–water partition coefficient (Wildman–Crippen LogP) is 5.42. The van der Waals surface area contributed by atoms with E-state index in [0.29, 0.717) is 42.9 Å². The van der Waals surface area contributed by atoms with E-state index in [2.05, 4.69) is 9.88 Å². The van der Waals surface area contributed by atoms with Crippen molar-refractivity contribution in [2.75, 3.05) is 18.0 Å². The van der Waals surface area contributed by atoms with Gasteiger partial charge in [-0.25, -0.2) is 22.2 Å². The Hall–Kier alpha value is -2.03. The summed E-state index contributed by atoms with van der Waals surface area (Å²) in [6.45, 7) is 2.79. The molecule has 1 aliphatic rings. The van der Waals surface area contributed by atoms with Gasteiger partial charge in [0.15, 0.2) is 15.0 Å². The number of hydrogen-bond donors (Lipinski definition) is 0. The SMILES string of the molecule is Cc1ccc(F)cc1S(=O)(=O)C1CCN(c2nc(Cc3cc(F)cc(Cl)c3)cs2)CC1. The van der Waals surface area contributed by atoms with Gasteiger partial charge in [-0.05, 0) is 61.2 Å². The van der Waals surface area contributed by atoms with Crippen molar-refractivity contribution in [3.05, 3.63) is 75.3 Å². The van der Waals surface area contributed by atoms with Gasteiger partial charge in [0.1, 0.15) is 11.6 Å². The highest BCUT2D eigenvalue weighted by Gasteiger charge is 2.33. The number of halogens is 3. The average Bonchev–Trinajstić information content (AvgIpc) is 3.17. The lowest BCUT2D eigenvalue weighted by atomic mass is 10.1. The topological polar surface area (TPSA) is 50.3 Å². The molecule has 1 saturated heterocycles. The minimum atomic E-state index is -3.60. The van der Waals surface area contributed by atoms with Gasteiger partial charge in [0, 0.05) is 29.9 Å². The normalized spacial score (nSPS) is 15.4. The minimum Gasteiger partial charge on any atom is -0.348 e. The van der Waals surface area contributed by atoms with Crippen molar-refractivity contribution in [3.63, 3.8) is 0 Å². The molecular weight excluding hydrogens is 462 g/mol. The van der Waals surface area contributed by atoms with Crippen molar-refractivity contribution in [2.45, 2.75) is 36.3 Å². The molecule has 1 aliphatic heterocycles. The van der Waals surface area contributed by atoms with Gasteiger partial charge in [0.2, 0.25) is 0 Å². The molecule has 2 aromatic carbocycles. The maximum atomic E-state index is 13.6. The van der Waals surface area contributed by atoms with Gasteiger partial charge in [-0.1, -0.05) is 17.7 Å². The number of thiazole rings is 1. The van der Waals surface area contributed by atoms with Crippen molar-refractivity contribution in [3.8, 4) is 0 Å². The lowest BCUT2D eigenvalue weighted by Crippen LogP contribution is -2.39. The molecule has 4 rings (SSSR count). The second kappa shape index (κ2) is 8.84. The molecule has 0 unspecified atom stereocenters. The van der Waals surface area contributed by atoms with Gasteiger partial charge in [0.25, 0.3) is 0 Å². The number of nitrogens with zero attached hydrogens (tertiary/aromatic N) is 2. The highest BCUT2D eigenvalue weighted by Crippen LogP contribution is 2.31. The summed E-state index contributed by atoms with van der Waals surface area (Å²) in [5.41, 5.74) is 2.12. The van der Waals surface area contributed by atoms with E-state index in [1.807, 2.05) is 5.38 Å². The summed E-state index contributed by atoms with van der Waals surface area (Å²) in [6.07, 6.45) is 1.37. The Labute approximate surface area is 189 Å². The highest BCUT2D eigenvalue weighted by atomic mass is 35.5. The van der Waals surface area contributed by atoms with Crippen molar-refractivity contribution in [1.29, 1.82) is 0 Å². The Morgan fingerprint density at radius 2 is 1.87 bits per heavy atom. The third kappa shape index (κ3) is 4.91. The molecule has 1 aromatic heterocycles. The van der Waals surface area contributed by atoms with Crippen molar-refractivity contribution in [1.82, 2.24) is 4.98 Å². The fraction of sp³-hybridized carbons (Fsp3) is 0.318.